The number of hydrogen-bond acceptors (Lipinski definition) is 4. The van der Waals surface area contributed by atoms with E-state index in [1.165, 1.54) is 36.0 Å². The maximum atomic E-state index is 13.3. The first kappa shape index (κ1) is 29.2. The molecule has 1 atom stereocenters. The van der Waals surface area contributed by atoms with Gasteiger partial charge in [-0.3, -0.25) is 4.79 Å². The van der Waals surface area contributed by atoms with E-state index in [9.17, 15) is 27.9 Å². The number of carboxylic acids is 1. The Morgan fingerprint density at radius 3 is 2.24 bits per heavy atom. The summed E-state index contributed by atoms with van der Waals surface area (Å²) in [4.78, 5) is 27.6. The average molecular weight is 555 g/mol. The number of fused-ring (bicyclic) bond motifs is 1. The van der Waals surface area contributed by atoms with Crippen LogP contribution in [0.1, 0.15) is 57.6 Å². The number of alkyl halides is 3. The third kappa shape index (κ3) is 8.60. The van der Waals surface area contributed by atoms with E-state index >= 15 is 0 Å². The highest BCUT2D eigenvalue weighted by Gasteiger charge is 2.32. The van der Waals surface area contributed by atoms with Gasteiger partial charge in [0, 0.05) is 28.1 Å². The molecule has 0 saturated heterocycles. The van der Waals surface area contributed by atoms with Gasteiger partial charge in [0.1, 0.15) is 4.75 Å². The summed E-state index contributed by atoms with van der Waals surface area (Å²) >= 11 is 1.11. The van der Waals surface area contributed by atoms with Crippen molar-refractivity contribution in [3.63, 3.8) is 0 Å². The smallest absolute Gasteiger partial charge is 0.446 e. The summed E-state index contributed by atoms with van der Waals surface area (Å²) in [5.41, 5.74) is -1.67. The van der Waals surface area contributed by atoms with Gasteiger partial charge in [0.15, 0.2) is 0 Å². The summed E-state index contributed by atoms with van der Waals surface area (Å²) in [5.74, 6) is -0.879. The Morgan fingerprint density at radius 1 is 0.973 bits per heavy atom. The second-order valence-electron chi connectivity index (χ2n) is 9.67. The number of amides is 2. The van der Waals surface area contributed by atoms with E-state index in [2.05, 4.69) is 12.2 Å². The van der Waals surface area contributed by atoms with E-state index in [1.54, 1.807) is 13.8 Å². The molecule has 0 fully saturated rings. The van der Waals surface area contributed by atoms with Crippen LogP contribution in [0.2, 0.25) is 0 Å². The molecule has 37 heavy (non-hydrogen) atoms. The van der Waals surface area contributed by atoms with Crippen molar-refractivity contribution in [3.8, 4) is 0 Å². The minimum atomic E-state index is -4.36. The molecule has 1 unspecified atom stereocenters. The van der Waals surface area contributed by atoms with Gasteiger partial charge in [-0.2, -0.15) is 13.2 Å². The topological polar surface area (TPSA) is 69.6 Å². The van der Waals surface area contributed by atoms with Crippen molar-refractivity contribution in [2.75, 3.05) is 11.9 Å². The molecule has 202 valence electrons. The van der Waals surface area contributed by atoms with Gasteiger partial charge in [0.2, 0.25) is 0 Å². The van der Waals surface area contributed by atoms with E-state index in [0.717, 1.165) is 41.7 Å². The van der Waals surface area contributed by atoms with Crippen LogP contribution in [0.5, 0.6) is 0 Å². The number of thioether (sulfide) groups is 2. The van der Waals surface area contributed by atoms with Crippen molar-refractivity contribution in [1.29, 1.82) is 0 Å². The second kappa shape index (κ2) is 12.5. The molecule has 0 radical (unpaired) electrons. The summed E-state index contributed by atoms with van der Waals surface area (Å²) in [6.07, 6.45) is 5.40. The standard InChI is InChI=1S/C27H33F3N2O3S2/c1-4-5-6-7-14-32(25(35)31-20-9-12-22(13-10-20)37-27(28,29)30)21-15-18-8-11-23(17-19(18)16-21)36-26(2,3)24(33)34/h8-13,17,21H,4-7,14-16H2,1-3H3,(H,31,35)(H,33,34). The zero-order valence-corrected chi connectivity index (χ0v) is 22.9. The summed E-state index contributed by atoms with van der Waals surface area (Å²) in [7, 11) is 0. The average Bonchev–Trinajstić information content (AvgIpc) is 3.22. The van der Waals surface area contributed by atoms with Crippen LogP contribution >= 0.6 is 23.5 Å². The van der Waals surface area contributed by atoms with Crippen LogP contribution in [0, 0.1) is 0 Å². The zero-order valence-electron chi connectivity index (χ0n) is 21.2. The number of carbonyl (C=O) groups is 2. The van der Waals surface area contributed by atoms with Gasteiger partial charge in [-0.15, -0.1) is 11.8 Å². The van der Waals surface area contributed by atoms with Crippen LogP contribution < -0.4 is 5.32 Å². The number of aliphatic carboxylic acids is 1. The summed E-state index contributed by atoms with van der Waals surface area (Å²) in [6.45, 7) is 6.06. The Balaban J connectivity index is 1.71. The van der Waals surface area contributed by atoms with Crippen molar-refractivity contribution in [3.05, 3.63) is 53.6 Å². The molecule has 0 heterocycles. The minimum absolute atomic E-state index is 0.0515. The fraction of sp³-hybridized carbons (Fsp3) is 0.481. The normalized spacial score (nSPS) is 15.4. The van der Waals surface area contributed by atoms with E-state index < -0.39 is 16.2 Å². The van der Waals surface area contributed by atoms with E-state index in [0.29, 0.717) is 25.1 Å². The van der Waals surface area contributed by atoms with Crippen molar-refractivity contribution >= 4 is 41.2 Å². The molecule has 2 amide bonds. The lowest BCUT2D eigenvalue weighted by molar-refractivity contribution is -0.138. The van der Waals surface area contributed by atoms with Gasteiger partial charge < -0.3 is 15.3 Å². The predicted molar refractivity (Wildman–Crippen MR) is 143 cm³/mol. The first-order valence-electron chi connectivity index (χ1n) is 12.4. The maximum absolute atomic E-state index is 13.3. The summed E-state index contributed by atoms with van der Waals surface area (Å²) in [5, 5.41) is 12.3. The Labute approximate surface area is 224 Å². The highest BCUT2D eigenvalue weighted by Crippen LogP contribution is 2.38. The quantitative estimate of drug-likeness (QED) is 0.219. The van der Waals surface area contributed by atoms with Crippen LogP contribution in [0.15, 0.2) is 52.3 Å². The molecular weight excluding hydrogens is 521 g/mol. The molecule has 0 spiro atoms. The van der Waals surface area contributed by atoms with Crippen molar-refractivity contribution in [2.24, 2.45) is 0 Å². The number of nitrogens with zero attached hydrogens (tertiary/aromatic N) is 1. The van der Waals surface area contributed by atoms with E-state index in [1.807, 2.05) is 23.1 Å². The SMILES string of the molecule is CCCCCCN(C(=O)Nc1ccc(SC(F)(F)F)cc1)C1Cc2ccc(SC(C)(C)C(=O)O)cc2C1. The monoisotopic (exact) mass is 554 g/mol. The molecule has 0 aliphatic heterocycles. The number of benzene rings is 2. The molecule has 0 aromatic heterocycles. The molecule has 10 heteroatoms. The number of hydrogen-bond donors (Lipinski definition) is 2. The fourth-order valence-corrected chi connectivity index (χ4v) is 5.84. The number of carbonyl (C=O) groups excluding carboxylic acids is 1. The molecular formula is C27H33F3N2O3S2. The number of nitrogens with one attached hydrogen (secondary N) is 1. The van der Waals surface area contributed by atoms with E-state index in [-0.39, 0.29) is 28.7 Å². The molecule has 0 bridgehead atoms. The summed E-state index contributed by atoms with van der Waals surface area (Å²) < 4.78 is 36.9. The van der Waals surface area contributed by atoms with Crippen LogP contribution in [-0.2, 0) is 17.6 Å². The van der Waals surface area contributed by atoms with Crippen LogP contribution in [-0.4, -0.2) is 44.8 Å². The van der Waals surface area contributed by atoms with Crippen LogP contribution in [0.4, 0.5) is 23.7 Å². The third-order valence-electron chi connectivity index (χ3n) is 6.27. The second-order valence-corrected chi connectivity index (χ2v) is 12.5. The summed E-state index contributed by atoms with van der Waals surface area (Å²) in [6, 6.07) is 11.3. The lowest BCUT2D eigenvalue weighted by atomic mass is 10.1. The number of urea groups is 1. The molecule has 3 rings (SSSR count). The van der Waals surface area contributed by atoms with Gasteiger partial charge in [-0.05, 0) is 92.4 Å². The highest BCUT2D eigenvalue weighted by molar-refractivity contribution is 8.01. The Bertz CT molecular complexity index is 1090. The Hall–Kier alpha value is -2.33. The third-order valence-corrected chi connectivity index (χ3v) is 8.18. The number of anilines is 1. The van der Waals surface area contributed by atoms with E-state index in [4.69, 9.17) is 0 Å². The van der Waals surface area contributed by atoms with Crippen molar-refractivity contribution in [1.82, 2.24) is 4.90 Å². The van der Waals surface area contributed by atoms with Gasteiger partial charge in [0.05, 0.1) is 0 Å². The maximum Gasteiger partial charge on any atom is 0.446 e. The van der Waals surface area contributed by atoms with Crippen molar-refractivity contribution in [2.45, 2.75) is 85.4 Å². The highest BCUT2D eigenvalue weighted by atomic mass is 32.2. The van der Waals surface area contributed by atoms with Gasteiger partial charge in [0.25, 0.3) is 0 Å². The first-order valence-corrected chi connectivity index (χ1v) is 14.0. The Morgan fingerprint density at radius 2 is 1.62 bits per heavy atom. The zero-order chi connectivity index (χ0) is 27.2. The molecule has 5 nitrogen and oxygen atoms in total. The molecule has 1 aliphatic rings. The van der Waals surface area contributed by atoms with Crippen LogP contribution in [0.25, 0.3) is 0 Å². The van der Waals surface area contributed by atoms with Gasteiger partial charge in [-0.1, -0.05) is 32.3 Å². The largest absolute Gasteiger partial charge is 0.480 e. The number of carboxylic acid groups (broad SMARTS) is 1. The number of halogens is 3. The molecule has 2 aromatic rings. The number of unbranched alkanes of at least 4 members (excludes halogenated alkanes) is 3. The number of rotatable bonds is 11. The predicted octanol–water partition coefficient (Wildman–Crippen LogP) is 7.84. The lowest BCUT2D eigenvalue weighted by Gasteiger charge is -2.29. The van der Waals surface area contributed by atoms with Gasteiger partial charge in [-0.25, -0.2) is 4.79 Å². The van der Waals surface area contributed by atoms with Gasteiger partial charge >= 0.3 is 17.5 Å². The Kier molecular flexibility index (Phi) is 9.86. The van der Waals surface area contributed by atoms with Crippen molar-refractivity contribution < 1.29 is 27.9 Å². The fourth-order valence-electron chi connectivity index (χ4n) is 4.29. The molecule has 2 N–H and O–H groups in total. The first-order chi connectivity index (χ1) is 17.4. The molecule has 2 aromatic carbocycles. The minimum Gasteiger partial charge on any atom is -0.480 e. The molecule has 1 aliphatic carbocycles. The lowest BCUT2D eigenvalue weighted by Crippen LogP contribution is -2.44. The van der Waals surface area contributed by atoms with Crippen LogP contribution in [0.3, 0.4) is 0 Å². The molecule has 0 saturated carbocycles.